The molecule has 0 spiro atoms. The summed E-state index contributed by atoms with van der Waals surface area (Å²) in [5, 5.41) is 13.2. The summed E-state index contributed by atoms with van der Waals surface area (Å²) in [6, 6.07) is 17.4. The standard InChI is InChI=1S/C35H41N3O3/c1-4-8-34(40)38-14-13-32(37-35(41)31(36)21-29-22(3)15-28(39)20-25(29)5-2)30-19-23(11-12-33(30)38)16-24-17-26-9-6-7-10-27(26)18-24/h5-7,9-12,15,19-20,24,31-32,39H,2,4,8,13-14,16-18,21,36H2,1,3H3,(H,37,41). The van der Waals surface area contributed by atoms with Crippen molar-refractivity contribution in [1.29, 1.82) is 0 Å². The van der Waals surface area contributed by atoms with Crippen molar-refractivity contribution in [2.75, 3.05) is 11.4 Å². The number of rotatable bonds is 9. The third kappa shape index (κ3) is 6.23. The summed E-state index contributed by atoms with van der Waals surface area (Å²) in [6.07, 6.45) is 7.05. The molecule has 2 atom stereocenters. The Morgan fingerprint density at radius 2 is 1.88 bits per heavy atom. The summed E-state index contributed by atoms with van der Waals surface area (Å²) < 4.78 is 0. The maximum absolute atomic E-state index is 13.4. The number of aromatic hydroxyl groups is 1. The van der Waals surface area contributed by atoms with Crippen LogP contribution in [0.2, 0.25) is 0 Å². The molecule has 1 heterocycles. The minimum atomic E-state index is -0.764. The van der Waals surface area contributed by atoms with Crippen molar-refractivity contribution in [2.45, 2.75) is 70.9 Å². The quantitative estimate of drug-likeness (QED) is 0.324. The molecule has 0 radical (unpaired) electrons. The van der Waals surface area contributed by atoms with E-state index in [4.69, 9.17) is 5.73 Å². The minimum absolute atomic E-state index is 0.119. The van der Waals surface area contributed by atoms with Gasteiger partial charge in [0.05, 0.1) is 12.1 Å². The number of fused-ring (bicyclic) bond motifs is 2. The number of hydrogen-bond donors (Lipinski definition) is 3. The molecule has 1 aliphatic heterocycles. The van der Waals surface area contributed by atoms with Crippen LogP contribution >= 0.6 is 0 Å². The summed E-state index contributed by atoms with van der Waals surface area (Å²) in [4.78, 5) is 28.3. The first-order valence-corrected chi connectivity index (χ1v) is 14.8. The molecule has 6 nitrogen and oxygen atoms in total. The second-order valence-electron chi connectivity index (χ2n) is 11.6. The van der Waals surface area contributed by atoms with Gasteiger partial charge in [0.25, 0.3) is 0 Å². The van der Waals surface area contributed by atoms with Crippen molar-refractivity contribution in [1.82, 2.24) is 5.32 Å². The zero-order chi connectivity index (χ0) is 29.1. The Hall–Kier alpha value is -3.90. The highest BCUT2D eigenvalue weighted by Crippen LogP contribution is 2.37. The van der Waals surface area contributed by atoms with Crippen molar-refractivity contribution in [3.05, 3.63) is 100 Å². The largest absolute Gasteiger partial charge is 0.508 e. The zero-order valence-electron chi connectivity index (χ0n) is 24.2. The van der Waals surface area contributed by atoms with Crippen molar-refractivity contribution < 1.29 is 14.7 Å². The number of phenolic OH excluding ortho intramolecular Hbond substituents is 1. The number of phenols is 1. The molecule has 0 fully saturated rings. The molecule has 41 heavy (non-hydrogen) atoms. The normalized spacial score (nSPS) is 17.0. The van der Waals surface area contributed by atoms with E-state index in [1.807, 2.05) is 18.7 Å². The maximum atomic E-state index is 13.4. The first kappa shape index (κ1) is 28.6. The monoisotopic (exact) mass is 551 g/mol. The van der Waals surface area contributed by atoms with Crippen LogP contribution in [-0.2, 0) is 35.3 Å². The lowest BCUT2D eigenvalue weighted by molar-refractivity contribution is -0.123. The average Bonchev–Trinajstić information content (AvgIpc) is 3.36. The highest BCUT2D eigenvalue weighted by atomic mass is 16.3. The van der Waals surface area contributed by atoms with Gasteiger partial charge in [-0.25, -0.2) is 0 Å². The molecule has 5 rings (SSSR count). The molecule has 0 bridgehead atoms. The van der Waals surface area contributed by atoms with E-state index in [-0.39, 0.29) is 23.6 Å². The number of carbonyl (C=O) groups excluding carboxylic acids is 2. The van der Waals surface area contributed by atoms with Gasteiger partial charge in [-0.15, -0.1) is 0 Å². The number of nitrogens with one attached hydrogen (secondary N) is 1. The summed E-state index contributed by atoms with van der Waals surface area (Å²) in [6.45, 7) is 8.32. The molecule has 6 heteroatoms. The Kier molecular flexibility index (Phi) is 8.60. The van der Waals surface area contributed by atoms with Crippen LogP contribution < -0.4 is 16.0 Å². The van der Waals surface area contributed by atoms with Crippen LogP contribution in [0.4, 0.5) is 5.69 Å². The van der Waals surface area contributed by atoms with Crippen molar-refractivity contribution in [3.8, 4) is 5.75 Å². The third-order valence-electron chi connectivity index (χ3n) is 8.61. The van der Waals surface area contributed by atoms with E-state index in [0.29, 0.717) is 31.7 Å². The summed E-state index contributed by atoms with van der Waals surface area (Å²) in [5.74, 6) is 0.598. The Labute approximate surface area is 243 Å². The molecular weight excluding hydrogens is 510 g/mol. The Balaban J connectivity index is 1.36. The van der Waals surface area contributed by atoms with Crippen LogP contribution in [0.3, 0.4) is 0 Å². The Morgan fingerprint density at radius 1 is 1.15 bits per heavy atom. The molecule has 0 saturated carbocycles. The second kappa shape index (κ2) is 12.3. The lowest BCUT2D eigenvalue weighted by Gasteiger charge is -2.35. The summed E-state index contributed by atoms with van der Waals surface area (Å²) in [7, 11) is 0. The van der Waals surface area contributed by atoms with Gasteiger partial charge in [0.2, 0.25) is 11.8 Å². The molecule has 0 aromatic heterocycles. The second-order valence-corrected chi connectivity index (χ2v) is 11.6. The number of hydrogen-bond acceptors (Lipinski definition) is 4. The smallest absolute Gasteiger partial charge is 0.237 e. The van der Waals surface area contributed by atoms with Gasteiger partial charge in [-0.1, -0.05) is 56.0 Å². The fourth-order valence-electron chi connectivity index (χ4n) is 6.55. The van der Waals surface area contributed by atoms with Gasteiger partial charge in [0.15, 0.2) is 0 Å². The highest BCUT2D eigenvalue weighted by molar-refractivity contribution is 5.95. The van der Waals surface area contributed by atoms with E-state index in [1.54, 1.807) is 18.2 Å². The van der Waals surface area contributed by atoms with Gasteiger partial charge in [-0.2, -0.15) is 0 Å². The SMILES string of the molecule is C=Cc1cc(O)cc(C)c1CC(N)C(=O)NC1CCN(C(=O)CCC)c2ccc(CC3Cc4ccccc4C3)cc21. The number of anilines is 1. The predicted octanol–water partition coefficient (Wildman–Crippen LogP) is 5.57. The predicted molar refractivity (Wildman–Crippen MR) is 165 cm³/mol. The van der Waals surface area contributed by atoms with Crippen LogP contribution in [0.5, 0.6) is 5.75 Å². The van der Waals surface area contributed by atoms with Gasteiger partial charge in [-0.3, -0.25) is 9.59 Å². The van der Waals surface area contributed by atoms with E-state index in [1.165, 1.54) is 16.7 Å². The van der Waals surface area contributed by atoms with E-state index >= 15 is 0 Å². The molecule has 2 unspecified atom stereocenters. The van der Waals surface area contributed by atoms with Crippen LogP contribution in [0.25, 0.3) is 6.08 Å². The molecule has 3 aromatic carbocycles. The number of amides is 2. The minimum Gasteiger partial charge on any atom is -0.508 e. The number of benzene rings is 3. The molecule has 4 N–H and O–H groups in total. The van der Waals surface area contributed by atoms with E-state index in [0.717, 1.165) is 53.6 Å². The van der Waals surface area contributed by atoms with E-state index < -0.39 is 6.04 Å². The highest BCUT2D eigenvalue weighted by Gasteiger charge is 2.31. The third-order valence-corrected chi connectivity index (χ3v) is 8.61. The van der Waals surface area contributed by atoms with Crippen LogP contribution in [-0.4, -0.2) is 29.5 Å². The van der Waals surface area contributed by atoms with Crippen LogP contribution in [0, 0.1) is 12.8 Å². The van der Waals surface area contributed by atoms with Gasteiger partial charge in [0.1, 0.15) is 5.75 Å². The topological polar surface area (TPSA) is 95.7 Å². The van der Waals surface area contributed by atoms with E-state index in [9.17, 15) is 14.7 Å². The molecule has 2 amide bonds. The Morgan fingerprint density at radius 3 is 2.56 bits per heavy atom. The van der Waals surface area contributed by atoms with Crippen molar-refractivity contribution in [2.24, 2.45) is 11.7 Å². The van der Waals surface area contributed by atoms with Gasteiger partial charge in [-0.05, 0) is 109 Å². The lowest BCUT2D eigenvalue weighted by Crippen LogP contribution is -2.46. The summed E-state index contributed by atoms with van der Waals surface area (Å²) >= 11 is 0. The van der Waals surface area contributed by atoms with Crippen LogP contribution in [0.1, 0.15) is 71.2 Å². The molecule has 0 saturated heterocycles. The molecule has 1 aliphatic carbocycles. The first-order valence-electron chi connectivity index (χ1n) is 14.8. The fourth-order valence-corrected chi connectivity index (χ4v) is 6.55. The number of nitrogens with zero attached hydrogens (tertiary/aromatic N) is 1. The van der Waals surface area contributed by atoms with E-state index in [2.05, 4.69) is 54.4 Å². The molecular formula is C35H41N3O3. The summed E-state index contributed by atoms with van der Waals surface area (Å²) in [5.41, 5.74) is 15.0. The zero-order valence-corrected chi connectivity index (χ0v) is 24.2. The molecule has 3 aromatic rings. The average molecular weight is 552 g/mol. The van der Waals surface area contributed by atoms with Crippen LogP contribution in [0.15, 0.2) is 61.2 Å². The number of nitrogens with two attached hydrogens (primary N) is 1. The van der Waals surface area contributed by atoms with Gasteiger partial charge in [0, 0.05) is 18.7 Å². The molecule has 214 valence electrons. The number of aryl methyl sites for hydroxylation is 1. The fraction of sp³-hybridized carbons (Fsp3) is 0.371. The van der Waals surface area contributed by atoms with Gasteiger partial charge < -0.3 is 21.1 Å². The Bertz CT molecular complexity index is 1440. The first-order chi connectivity index (χ1) is 19.8. The van der Waals surface area contributed by atoms with Gasteiger partial charge >= 0.3 is 0 Å². The lowest BCUT2D eigenvalue weighted by atomic mass is 9.90. The van der Waals surface area contributed by atoms with Crippen molar-refractivity contribution in [3.63, 3.8) is 0 Å². The van der Waals surface area contributed by atoms with Crippen molar-refractivity contribution >= 4 is 23.6 Å². The number of carbonyl (C=O) groups is 2. The maximum Gasteiger partial charge on any atom is 0.237 e. The molecule has 2 aliphatic rings.